The summed E-state index contributed by atoms with van der Waals surface area (Å²) in [5, 5.41) is 15.0. The average Bonchev–Trinajstić information content (AvgIpc) is 3.09. The molecule has 3 rings (SSSR count). The highest BCUT2D eigenvalue weighted by Gasteiger charge is 2.40. The van der Waals surface area contributed by atoms with Gasteiger partial charge in [-0.3, -0.25) is 4.68 Å². The molecule has 0 saturated heterocycles. The Morgan fingerprint density at radius 2 is 2.20 bits per heavy atom. The monoisotopic (exact) mass is 340 g/mol. The third-order valence-corrected chi connectivity index (χ3v) is 6.37. The molecule has 3 nitrogen and oxygen atoms in total. The first-order chi connectivity index (χ1) is 9.58. The number of hydrogen-bond acceptors (Lipinski definition) is 2. The van der Waals surface area contributed by atoms with Gasteiger partial charge in [0.15, 0.2) is 0 Å². The topological polar surface area (TPSA) is 38.0 Å². The second kappa shape index (κ2) is 5.80. The molecule has 4 unspecified atom stereocenters. The van der Waals surface area contributed by atoms with Gasteiger partial charge in [-0.15, -0.1) is 0 Å². The molecule has 4 atom stereocenters. The van der Waals surface area contributed by atoms with Crippen LogP contribution in [0.15, 0.2) is 4.47 Å². The van der Waals surface area contributed by atoms with E-state index >= 15 is 0 Å². The van der Waals surface area contributed by atoms with Gasteiger partial charge in [-0.25, -0.2) is 0 Å². The van der Waals surface area contributed by atoms with Crippen LogP contribution in [0.4, 0.5) is 0 Å². The minimum atomic E-state index is -0.225. The van der Waals surface area contributed by atoms with Crippen molar-refractivity contribution in [2.75, 3.05) is 0 Å². The van der Waals surface area contributed by atoms with Gasteiger partial charge in [-0.05, 0) is 73.2 Å². The molecule has 0 aromatic carbocycles. The number of rotatable bonds is 5. The molecule has 2 bridgehead atoms. The van der Waals surface area contributed by atoms with Crippen LogP contribution in [-0.2, 0) is 13.0 Å². The zero-order chi connectivity index (χ0) is 14.3. The van der Waals surface area contributed by atoms with Crippen molar-refractivity contribution in [1.82, 2.24) is 9.78 Å². The van der Waals surface area contributed by atoms with Crippen molar-refractivity contribution in [3.8, 4) is 0 Å². The molecule has 0 aliphatic heterocycles. The molecule has 2 saturated carbocycles. The van der Waals surface area contributed by atoms with Crippen molar-refractivity contribution in [3.05, 3.63) is 15.9 Å². The molecule has 2 aliphatic carbocycles. The molecular formula is C16H25BrN2O. The smallest absolute Gasteiger partial charge is 0.0738 e. The first-order valence-corrected chi connectivity index (χ1v) is 8.77. The third kappa shape index (κ3) is 2.69. The van der Waals surface area contributed by atoms with Gasteiger partial charge in [0.1, 0.15) is 0 Å². The first-order valence-electron chi connectivity index (χ1n) is 7.98. The van der Waals surface area contributed by atoms with Crippen LogP contribution in [0.5, 0.6) is 0 Å². The number of halogens is 1. The highest BCUT2D eigenvalue weighted by atomic mass is 79.9. The molecule has 20 heavy (non-hydrogen) atoms. The molecule has 2 fully saturated rings. The molecule has 2 aliphatic rings. The van der Waals surface area contributed by atoms with Gasteiger partial charge in [0.05, 0.1) is 22.0 Å². The lowest BCUT2D eigenvalue weighted by Crippen LogP contribution is -2.21. The fourth-order valence-electron chi connectivity index (χ4n) is 4.39. The number of nitrogens with zero attached hydrogens (tertiary/aromatic N) is 2. The van der Waals surface area contributed by atoms with Crippen molar-refractivity contribution in [2.45, 2.75) is 65.0 Å². The summed E-state index contributed by atoms with van der Waals surface area (Å²) in [6.45, 7) is 4.98. The summed E-state index contributed by atoms with van der Waals surface area (Å²) < 4.78 is 3.09. The number of aliphatic hydroxyl groups excluding tert-OH is 1. The quantitative estimate of drug-likeness (QED) is 0.887. The maximum atomic E-state index is 10.5. The first kappa shape index (κ1) is 14.6. The number of hydrogen-bond donors (Lipinski definition) is 1. The lowest BCUT2D eigenvalue weighted by Gasteiger charge is -2.24. The summed E-state index contributed by atoms with van der Waals surface area (Å²) >= 11 is 3.62. The van der Waals surface area contributed by atoms with E-state index in [0.717, 1.165) is 53.0 Å². The van der Waals surface area contributed by atoms with Gasteiger partial charge >= 0.3 is 0 Å². The van der Waals surface area contributed by atoms with Crippen molar-refractivity contribution in [1.29, 1.82) is 0 Å². The van der Waals surface area contributed by atoms with E-state index in [-0.39, 0.29) is 6.10 Å². The van der Waals surface area contributed by atoms with Crippen LogP contribution in [0.1, 0.15) is 50.4 Å². The number of aromatic nitrogens is 2. The standard InChI is InChI=1S/C16H25BrN2O/c1-3-19-15(16(17)10(2)18-19)9-14(20)8-13-7-11-4-5-12(13)6-11/h11-14,20H,3-9H2,1-2H3. The highest BCUT2D eigenvalue weighted by molar-refractivity contribution is 9.10. The van der Waals surface area contributed by atoms with Gasteiger partial charge in [0, 0.05) is 13.0 Å². The van der Waals surface area contributed by atoms with Gasteiger partial charge in [0.2, 0.25) is 0 Å². The van der Waals surface area contributed by atoms with Gasteiger partial charge < -0.3 is 5.11 Å². The predicted molar refractivity (Wildman–Crippen MR) is 83.6 cm³/mol. The molecule has 1 aromatic heterocycles. The number of aryl methyl sites for hydroxylation is 2. The van der Waals surface area contributed by atoms with Crippen LogP contribution in [0, 0.1) is 24.7 Å². The molecule has 0 spiro atoms. The third-order valence-electron chi connectivity index (χ3n) is 5.34. The second-order valence-corrected chi connectivity index (χ2v) is 7.48. The maximum absolute atomic E-state index is 10.5. The van der Waals surface area contributed by atoms with Gasteiger partial charge in [-0.1, -0.05) is 6.42 Å². The largest absolute Gasteiger partial charge is 0.393 e. The van der Waals surface area contributed by atoms with Crippen LogP contribution in [0.2, 0.25) is 0 Å². The Kier molecular flexibility index (Phi) is 4.23. The van der Waals surface area contributed by atoms with Crippen LogP contribution < -0.4 is 0 Å². The van der Waals surface area contributed by atoms with Crippen molar-refractivity contribution < 1.29 is 5.11 Å². The average molecular weight is 341 g/mol. The molecule has 112 valence electrons. The summed E-state index contributed by atoms with van der Waals surface area (Å²) in [4.78, 5) is 0. The molecular weight excluding hydrogens is 316 g/mol. The molecule has 1 N–H and O–H groups in total. The summed E-state index contributed by atoms with van der Waals surface area (Å²) in [5.41, 5.74) is 2.18. The van der Waals surface area contributed by atoms with E-state index in [4.69, 9.17) is 0 Å². The highest BCUT2D eigenvalue weighted by Crippen LogP contribution is 2.50. The fourth-order valence-corrected chi connectivity index (χ4v) is 4.83. The van der Waals surface area contributed by atoms with E-state index in [2.05, 4.69) is 28.0 Å². The van der Waals surface area contributed by atoms with Crippen LogP contribution in [0.3, 0.4) is 0 Å². The Labute approximate surface area is 129 Å². The molecule has 0 radical (unpaired) electrons. The lowest BCUT2D eigenvalue weighted by atomic mass is 9.84. The minimum Gasteiger partial charge on any atom is -0.393 e. The maximum Gasteiger partial charge on any atom is 0.0738 e. The predicted octanol–water partition coefficient (Wildman–Crippen LogP) is 3.70. The zero-order valence-electron chi connectivity index (χ0n) is 12.5. The van der Waals surface area contributed by atoms with Crippen molar-refractivity contribution >= 4 is 15.9 Å². The van der Waals surface area contributed by atoms with E-state index < -0.39 is 0 Å². The zero-order valence-corrected chi connectivity index (χ0v) is 14.1. The minimum absolute atomic E-state index is 0.225. The normalized spacial score (nSPS) is 30.1. The summed E-state index contributed by atoms with van der Waals surface area (Å²) in [5.74, 6) is 2.63. The second-order valence-electron chi connectivity index (χ2n) is 6.69. The van der Waals surface area contributed by atoms with E-state index in [1.165, 1.54) is 25.7 Å². The van der Waals surface area contributed by atoms with E-state index in [0.29, 0.717) is 0 Å². The Morgan fingerprint density at radius 1 is 1.40 bits per heavy atom. The van der Waals surface area contributed by atoms with Crippen molar-refractivity contribution in [2.24, 2.45) is 17.8 Å². The summed E-state index contributed by atoms with van der Waals surface area (Å²) in [6, 6.07) is 0. The van der Waals surface area contributed by atoms with Crippen molar-refractivity contribution in [3.63, 3.8) is 0 Å². The van der Waals surface area contributed by atoms with E-state index in [1.807, 2.05) is 11.6 Å². The fraction of sp³-hybridized carbons (Fsp3) is 0.812. The molecule has 4 heteroatoms. The van der Waals surface area contributed by atoms with E-state index in [9.17, 15) is 5.11 Å². The van der Waals surface area contributed by atoms with Gasteiger partial charge in [0.25, 0.3) is 0 Å². The van der Waals surface area contributed by atoms with Crippen LogP contribution >= 0.6 is 15.9 Å². The number of fused-ring (bicyclic) bond motifs is 2. The van der Waals surface area contributed by atoms with Crippen LogP contribution in [-0.4, -0.2) is 21.0 Å². The molecule has 0 amide bonds. The Hall–Kier alpha value is -0.350. The van der Waals surface area contributed by atoms with Gasteiger partial charge in [-0.2, -0.15) is 5.10 Å². The van der Waals surface area contributed by atoms with E-state index in [1.54, 1.807) is 0 Å². The Morgan fingerprint density at radius 3 is 2.80 bits per heavy atom. The van der Waals surface area contributed by atoms with Crippen LogP contribution in [0.25, 0.3) is 0 Å². The lowest BCUT2D eigenvalue weighted by molar-refractivity contribution is 0.122. The summed E-state index contributed by atoms with van der Waals surface area (Å²) in [7, 11) is 0. The number of aliphatic hydroxyl groups is 1. The Balaban J connectivity index is 1.63. The molecule has 1 aromatic rings. The SMILES string of the molecule is CCn1nc(C)c(Br)c1CC(O)CC1CC2CCC1C2. The Bertz CT molecular complexity index is 485. The molecule has 1 heterocycles. The summed E-state index contributed by atoms with van der Waals surface area (Å²) in [6.07, 6.45) is 7.09.